The number of amides is 1. The largest absolute Gasteiger partial charge is 0.356 e. The van der Waals surface area contributed by atoms with E-state index < -0.39 is 0 Å². The molecular formula is C18H25N3O. The Kier molecular flexibility index (Phi) is 3.96. The normalized spacial score (nSPS) is 19.5. The van der Waals surface area contributed by atoms with E-state index in [-0.39, 0.29) is 18.0 Å². The van der Waals surface area contributed by atoms with Crippen molar-refractivity contribution in [2.75, 3.05) is 6.54 Å². The highest BCUT2D eigenvalue weighted by molar-refractivity contribution is 5.86. The van der Waals surface area contributed by atoms with Gasteiger partial charge >= 0.3 is 0 Å². The Bertz CT molecular complexity index is 687. The Hall–Kier alpha value is -1.81. The maximum Gasteiger partial charge on any atom is 0.223 e. The first-order chi connectivity index (χ1) is 10.5. The van der Waals surface area contributed by atoms with Crippen molar-refractivity contribution in [1.82, 2.24) is 9.88 Å². The van der Waals surface area contributed by atoms with E-state index in [0.717, 1.165) is 24.2 Å². The molecule has 0 radical (unpaired) electrons. The number of para-hydroxylation sites is 1. The first kappa shape index (κ1) is 15.1. The van der Waals surface area contributed by atoms with Crippen LogP contribution in [0.5, 0.6) is 0 Å². The Balaban J connectivity index is 2.03. The molecular weight excluding hydrogens is 274 g/mol. The highest BCUT2D eigenvalue weighted by Gasteiger charge is 2.35. The molecule has 0 aliphatic carbocycles. The summed E-state index contributed by atoms with van der Waals surface area (Å²) in [6.07, 6.45) is 1.48. The molecule has 1 aromatic carbocycles. The summed E-state index contributed by atoms with van der Waals surface area (Å²) in [4.78, 5) is 18.1. The number of carbonyl (C=O) groups excluding carboxylic acids is 1. The third kappa shape index (κ3) is 2.52. The van der Waals surface area contributed by atoms with Gasteiger partial charge in [0.25, 0.3) is 0 Å². The molecule has 1 aromatic heterocycles. The van der Waals surface area contributed by atoms with Gasteiger partial charge in [0.15, 0.2) is 0 Å². The number of hydrogen-bond donors (Lipinski definition) is 2. The monoisotopic (exact) mass is 299 g/mol. The van der Waals surface area contributed by atoms with Gasteiger partial charge in [0, 0.05) is 35.6 Å². The van der Waals surface area contributed by atoms with Crippen LogP contribution < -0.4 is 5.73 Å². The Morgan fingerprint density at radius 2 is 2.09 bits per heavy atom. The zero-order valence-corrected chi connectivity index (χ0v) is 13.6. The van der Waals surface area contributed by atoms with Gasteiger partial charge in [-0.15, -0.1) is 0 Å². The van der Waals surface area contributed by atoms with Gasteiger partial charge in [0.2, 0.25) is 5.91 Å². The molecule has 3 N–H and O–H groups in total. The molecule has 4 nitrogen and oxygen atoms in total. The summed E-state index contributed by atoms with van der Waals surface area (Å²) >= 11 is 0. The average Bonchev–Trinajstić information content (AvgIpc) is 2.83. The first-order valence-electron chi connectivity index (χ1n) is 8.13. The fourth-order valence-corrected chi connectivity index (χ4v) is 3.56. The predicted octanol–water partition coefficient (Wildman–Crippen LogP) is 2.99. The summed E-state index contributed by atoms with van der Waals surface area (Å²) in [6.45, 7) is 6.90. The van der Waals surface area contributed by atoms with Crippen LogP contribution >= 0.6 is 0 Å². The number of rotatable bonds is 3. The second-order valence-corrected chi connectivity index (χ2v) is 6.80. The van der Waals surface area contributed by atoms with E-state index in [4.69, 9.17) is 5.73 Å². The predicted molar refractivity (Wildman–Crippen MR) is 89.6 cm³/mol. The second-order valence-electron chi connectivity index (χ2n) is 6.80. The quantitative estimate of drug-likeness (QED) is 0.915. The van der Waals surface area contributed by atoms with Crippen molar-refractivity contribution in [1.29, 1.82) is 0 Å². The molecule has 4 heteroatoms. The summed E-state index contributed by atoms with van der Waals surface area (Å²) < 4.78 is 0. The van der Waals surface area contributed by atoms with E-state index in [2.05, 4.69) is 37.0 Å². The van der Waals surface area contributed by atoms with E-state index in [1.165, 1.54) is 10.9 Å². The lowest BCUT2D eigenvalue weighted by molar-refractivity contribution is -0.135. The zero-order valence-electron chi connectivity index (χ0n) is 13.6. The van der Waals surface area contributed by atoms with Crippen molar-refractivity contribution >= 4 is 16.8 Å². The highest BCUT2D eigenvalue weighted by Crippen LogP contribution is 2.36. The van der Waals surface area contributed by atoms with Crippen molar-refractivity contribution in [2.45, 2.75) is 45.7 Å². The molecule has 0 saturated heterocycles. The number of nitrogens with two attached hydrogens (primary N) is 1. The molecule has 22 heavy (non-hydrogen) atoms. The van der Waals surface area contributed by atoms with E-state index in [1.807, 2.05) is 17.9 Å². The molecule has 0 spiro atoms. The highest BCUT2D eigenvalue weighted by atomic mass is 16.2. The van der Waals surface area contributed by atoms with Crippen LogP contribution in [0, 0.1) is 5.92 Å². The number of aromatic nitrogens is 1. The molecule has 2 atom stereocenters. The standard InChI is InChI=1S/C18H25N3O/c1-11(2)10-16(22)21-9-8-14-13-6-4-5-7-15(13)20-17(14)18(21)12(3)19/h4-7,11-12,18,20H,8-10,19H2,1-3H3. The van der Waals surface area contributed by atoms with E-state index in [9.17, 15) is 4.79 Å². The average molecular weight is 299 g/mol. The number of benzene rings is 1. The van der Waals surface area contributed by atoms with Gasteiger partial charge < -0.3 is 15.6 Å². The first-order valence-corrected chi connectivity index (χ1v) is 8.13. The summed E-state index contributed by atoms with van der Waals surface area (Å²) in [5.41, 5.74) is 9.83. The minimum absolute atomic E-state index is 0.0533. The maximum atomic E-state index is 12.6. The lowest BCUT2D eigenvalue weighted by atomic mass is 9.92. The molecule has 118 valence electrons. The van der Waals surface area contributed by atoms with Gasteiger partial charge in [-0.05, 0) is 30.9 Å². The van der Waals surface area contributed by atoms with Gasteiger partial charge in [0.05, 0.1) is 6.04 Å². The lowest BCUT2D eigenvalue weighted by Crippen LogP contribution is -2.47. The molecule has 1 amide bonds. The molecule has 2 unspecified atom stereocenters. The molecule has 2 heterocycles. The molecule has 1 aliphatic rings. The van der Waals surface area contributed by atoms with Crippen molar-refractivity contribution in [3.05, 3.63) is 35.5 Å². The van der Waals surface area contributed by atoms with Crippen LogP contribution in [0.1, 0.15) is 44.5 Å². The zero-order chi connectivity index (χ0) is 15.9. The topological polar surface area (TPSA) is 62.1 Å². The molecule has 2 aromatic rings. The van der Waals surface area contributed by atoms with Crippen LogP contribution in [0.3, 0.4) is 0 Å². The molecule has 3 rings (SSSR count). The van der Waals surface area contributed by atoms with Crippen LogP contribution in [-0.4, -0.2) is 28.4 Å². The van der Waals surface area contributed by atoms with Crippen LogP contribution in [-0.2, 0) is 11.2 Å². The van der Waals surface area contributed by atoms with Crippen molar-refractivity contribution in [2.24, 2.45) is 11.7 Å². The molecule has 1 aliphatic heterocycles. The van der Waals surface area contributed by atoms with E-state index >= 15 is 0 Å². The van der Waals surface area contributed by atoms with Gasteiger partial charge in [-0.25, -0.2) is 0 Å². The summed E-state index contributed by atoms with van der Waals surface area (Å²) in [7, 11) is 0. The van der Waals surface area contributed by atoms with Crippen LogP contribution in [0.25, 0.3) is 10.9 Å². The van der Waals surface area contributed by atoms with Gasteiger partial charge in [-0.2, -0.15) is 0 Å². The Morgan fingerprint density at radius 3 is 2.77 bits per heavy atom. The number of aromatic amines is 1. The summed E-state index contributed by atoms with van der Waals surface area (Å²) in [5, 5.41) is 1.26. The molecule has 0 bridgehead atoms. The number of carbonyl (C=O) groups is 1. The van der Waals surface area contributed by atoms with E-state index in [0.29, 0.717) is 12.3 Å². The minimum atomic E-state index is -0.0942. The third-order valence-electron chi connectivity index (χ3n) is 4.48. The van der Waals surface area contributed by atoms with Crippen LogP contribution in [0.15, 0.2) is 24.3 Å². The van der Waals surface area contributed by atoms with Crippen molar-refractivity contribution in [3.8, 4) is 0 Å². The van der Waals surface area contributed by atoms with Gasteiger partial charge in [0.1, 0.15) is 0 Å². The fourth-order valence-electron chi connectivity index (χ4n) is 3.56. The third-order valence-corrected chi connectivity index (χ3v) is 4.48. The van der Waals surface area contributed by atoms with E-state index in [1.54, 1.807) is 0 Å². The fraction of sp³-hybridized carbons (Fsp3) is 0.500. The summed E-state index contributed by atoms with van der Waals surface area (Å²) in [5.74, 6) is 0.576. The maximum absolute atomic E-state index is 12.6. The minimum Gasteiger partial charge on any atom is -0.356 e. The lowest BCUT2D eigenvalue weighted by Gasteiger charge is -2.38. The van der Waals surface area contributed by atoms with Gasteiger partial charge in [-0.1, -0.05) is 32.0 Å². The van der Waals surface area contributed by atoms with Gasteiger partial charge in [-0.3, -0.25) is 4.79 Å². The smallest absolute Gasteiger partial charge is 0.223 e. The number of hydrogen-bond acceptors (Lipinski definition) is 2. The van der Waals surface area contributed by atoms with Crippen LogP contribution in [0.2, 0.25) is 0 Å². The van der Waals surface area contributed by atoms with Crippen molar-refractivity contribution < 1.29 is 4.79 Å². The second kappa shape index (κ2) is 5.76. The van der Waals surface area contributed by atoms with Crippen molar-refractivity contribution in [3.63, 3.8) is 0 Å². The summed E-state index contributed by atoms with van der Waals surface area (Å²) in [6, 6.07) is 8.19. The van der Waals surface area contributed by atoms with Crippen LogP contribution in [0.4, 0.5) is 0 Å². The number of H-pyrrole nitrogens is 1. The molecule has 0 fully saturated rings. The Labute approximate surface area is 131 Å². The Morgan fingerprint density at radius 1 is 1.36 bits per heavy atom. The molecule has 0 saturated carbocycles. The number of nitrogens with one attached hydrogen (secondary N) is 1. The number of nitrogens with zero attached hydrogens (tertiary/aromatic N) is 1. The SMILES string of the molecule is CC(C)CC(=O)N1CCc2c([nH]c3ccccc23)C1C(C)N. The number of fused-ring (bicyclic) bond motifs is 3.